The summed E-state index contributed by atoms with van der Waals surface area (Å²) in [6, 6.07) is 7.62. The largest absolute Gasteiger partial charge is 0.497 e. The number of benzene rings is 1. The van der Waals surface area contributed by atoms with Crippen molar-refractivity contribution in [2.24, 2.45) is 5.41 Å². The highest BCUT2D eigenvalue weighted by Gasteiger charge is 2.50. The van der Waals surface area contributed by atoms with Gasteiger partial charge in [-0.2, -0.15) is 0 Å². The number of nitrogens with one attached hydrogen (secondary N) is 1. The van der Waals surface area contributed by atoms with Gasteiger partial charge in [-0.1, -0.05) is 12.1 Å². The molecule has 1 aliphatic heterocycles. The van der Waals surface area contributed by atoms with Gasteiger partial charge in [-0.05, 0) is 24.1 Å². The fraction of sp³-hybridized carbons (Fsp3) is 0.600. The lowest BCUT2D eigenvalue weighted by Crippen LogP contribution is -2.65. The van der Waals surface area contributed by atoms with Crippen LogP contribution in [0.15, 0.2) is 24.3 Å². The molecule has 156 valence electrons. The predicted octanol–water partition coefficient (Wildman–Crippen LogP) is 0.228. The van der Waals surface area contributed by atoms with Crippen LogP contribution >= 0.6 is 0 Å². The zero-order valence-electron chi connectivity index (χ0n) is 16.6. The Kier molecular flexibility index (Phi) is 8.69. The molecule has 0 aliphatic carbocycles. The highest BCUT2D eigenvalue weighted by atomic mass is 16.5. The minimum absolute atomic E-state index is 0.0119. The molecule has 2 rings (SSSR count). The topological polar surface area (TPSA) is 97.3 Å². The van der Waals surface area contributed by atoms with Gasteiger partial charge in [-0.3, -0.25) is 9.59 Å². The molecule has 0 radical (unpaired) electrons. The Morgan fingerprint density at radius 2 is 2.00 bits per heavy atom. The van der Waals surface area contributed by atoms with Gasteiger partial charge in [-0.15, -0.1) is 0 Å². The second kappa shape index (κ2) is 11.0. The summed E-state index contributed by atoms with van der Waals surface area (Å²) in [5, 5.41) is 11.6. The first-order chi connectivity index (χ1) is 13.5. The van der Waals surface area contributed by atoms with Gasteiger partial charge in [0.25, 0.3) is 0 Å². The molecule has 1 saturated heterocycles. The molecule has 1 aromatic carbocycles. The summed E-state index contributed by atoms with van der Waals surface area (Å²) in [6.07, 6.45) is 0.823. The average molecular weight is 394 g/mol. The third-order valence-electron chi connectivity index (χ3n) is 4.79. The van der Waals surface area contributed by atoms with E-state index >= 15 is 0 Å². The Morgan fingerprint density at radius 3 is 2.68 bits per heavy atom. The van der Waals surface area contributed by atoms with Gasteiger partial charge in [0.15, 0.2) is 0 Å². The highest BCUT2D eigenvalue weighted by molar-refractivity contribution is 5.88. The molecule has 0 saturated carbocycles. The quantitative estimate of drug-likeness (QED) is 0.493. The van der Waals surface area contributed by atoms with Crippen LogP contribution in [0.1, 0.15) is 12.0 Å². The van der Waals surface area contributed by atoms with Crippen molar-refractivity contribution < 1.29 is 28.9 Å². The van der Waals surface area contributed by atoms with Crippen molar-refractivity contribution in [3.05, 3.63) is 29.8 Å². The number of amides is 2. The van der Waals surface area contributed by atoms with Crippen molar-refractivity contribution in [2.75, 3.05) is 60.3 Å². The Morgan fingerprint density at radius 1 is 1.21 bits per heavy atom. The Bertz CT molecular complexity index is 645. The van der Waals surface area contributed by atoms with Gasteiger partial charge in [0.05, 0.1) is 45.4 Å². The number of likely N-dealkylation sites (tertiary alicyclic amines) is 1. The molecule has 0 atom stereocenters. The van der Waals surface area contributed by atoms with E-state index in [-0.39, 0.29) is 25.0 Å². The smallest absolute Gasteiger partial charge is 0.230 e. The number of methoxy groups -OCH3 is 2. The lowest BCUT2D eigenvalue weighted by Gasteiger charge is -2.49. The second-order valence-electron chi connectivity index (χ2n) is 6.89. The van der Waals surface area contributed by atoms with Crippen LogP contribution in [-0.2, 0) is 25.5 Å². The van der Waals surface area contributed by atoms with E-state index in [4.69, 9.17) is 19.3 Å². The van der Waals surface area contributed by atoms with Crippen LogP contribution in [0.3, 0.4) is 0 Å². The zero-order valence-corrected chi connectivity index (χ0v) is 16.6. The Hall–Kier alpha value is -2.16. The molecule has 2 N–H and O–H groups in total. The molecule has 1 aromatic rings. The number of ether oxygens (including phenoxy) is 3. The molecule has 1 heterocycles. The van der Waals surface area contributed by atoms with Crippen LogP contribution in [0.2, 0.25) is 0 Å². The van der Waals surface area contributed by atoms with Gasteiger partial charge >= 0.3 is 0 Å². The standard InChI is InChI=1S/C20H30N2O6/c1-26-9-6-18(24)22-14-20(15-22,19(25)21-7-10-28-11-8-23)13-16-4-3-5-17(12-16)27-2/h3-5,12,23H,6-11,13-15H2,1-2H3,(H,21,25). The van der Waals surface area contributed by atoms with Gasteiger partial charge in [0.1, 0.15) is 5.75 Å². The Labute approximate surface area is 165 Å². The minimum Gasteiger partial charge on any atom is -0.497 e. The molecule has 0 unspecified atom stereocenters. The highest BCUT2D eigenvalue weighted by Crippen LogP contribution is 2.35. The van der Waals surface area contributed by atoms with Gasteiger partial charge < -0.3 is 29.5 Å². The van der Waals surface area contributed by atoms with E-state index in [0.717, 1.165) is 11.3 Å². The average Bonchev–Trinajstić information content (AvgIpc) is 2.68. The molecule has 1 aliphatic rings. The van der Waals surface area contributed by atoms with Crippen LogP contribution in [0.4, 0.5) is 0 Å². The van der Waals surface area contributed by atoms with Crippen molar-refractivity contribution in [1.29, 1.82) is 0 Å². The first-order valence-electron chi connectivity index (χ1n) is 9.41. The predicted molar refractivity (Wildman–Crippen MR) is 103 cm³/mol. The third kappa shape index (κ3) is 5.92. The third-order valence-corrected chi connectivity index (χ3v) is 4.79. The van der Waals surface area contributed by atoms with E-state index < -0.39 is 5.41 Å². The monoisotopic (exact) mass is 394 g/mol. The summed E-state index contributed by atoms with van der Waals surface area (Å²) in [5.74, 6) is 0.624. The van der Waals surface area contributed by atoms with Gasteiger partial charge in [-0.25, -0.2) is 0 Å². The molecule has 8 nitrogen and oxygen atoms in total. The van der Waals surface area contributed by atoms with Gasteiger partial charge in [0.2, 0.25) is 11.8 Å². The number of aliphatic hydroxyl groups excluding tert-OH is 1. The fourth-order valence-electron chi connectivity index (χ4n) is 3.31. The normalized spacial score (nSPS) is 15.0. The Balaban J connectivity index is 2.02. The number of aliphatic hydroxyl groups is 1. The first kappa shape index (κ1) is 22.1. The van der Waals surface area contributed by atoms with Crippen molar-refractivity contribution >= 4 is 11.8 Å². The summed E-state index contributed by atoms with van der Waals surface area (Å²) >= 11 is 0. The van der Waals surface area contributed by atoms with Gasteiger partial charge in [0, 0.05) is 26.7 Å². The number of rotatable bonds is 12. The van der Waals surface area contributed by atoms with Crippen LogP contribution in [0, 0.1) is 5.41 Å². The summed E-state index contributed by atoms with van der Waals surface area (Å²) < 4.78 is 15.4. The van der Waals surface area contributed by atoms with Crippen molar-refractivity contribution in [3.8, 4) is 5.75 Å². The van der Waals surface area contributed by atoms with E-state index in [9.17, 15) is 9.59 Å². The molecule has 0 aromatic heterocycles. The maximum atomic E-state index is 12.9. The van der Waals surface area contributed by atoms with E-state index in [1.54, 1.807) is 19.1 Å². The number of hydrogen-bond donors (Lipinski definition) is 2. The minimum atomic E-state index is -0.675. The summed E-state index contributed by atoms with van der Waals surface area (Å²) in [5.41, 5.74) is 0.307. The summed E-state index contributed by atoms with van der Waals surface area (Å²) in [4.78, 5) is 26.8. The van der Waals surface area contributed by atoms with Crippen molar-refractivity contribution in [3.63, 3.8) is 0 Å². The number of carbonyl (C=O) groups is 2. The molecule has 8 heteroatoms. The SMILES string of the molecule is COCCC(=O)N1CC(Cc2cccc(OC)c2)(C(=O)NCCOCCO)C1. The van der Waals surface area contributed by atoms with E-state index in [1.807, 2.05) is 24.3 Å². The lowest BCUT2D eigenvalue weighted by molar-refractivity contribution is -0.154. The number of carbonyl (C=O) groups excluding carboxylic acids is 2. The summed E-state index contributed by atoms with van der Waals surface area (Å²) in [6.45, 7) is 1.99. The number of nitrogens with zero attached hydrogens (tertiary/aromatic N) is 1. The van der Waals surface area contributed by atoms with E-state index in [2.05, 4.69) is 5.32 Å². The van der Waals surface area contributed by atoms with Crippen molar-refractivity contribution in [1.82, 2.24) is 10.2 Å². The molecular weight excluding hydrogens is 364 g/mol. The zero-order chi connectivity index (χ0) is 20.4. The van der Waals surface area contributed by atoms with Crippen LogP contribution in [0.25, 0.3) is 0 Å². The first-order valence-corrected chi connectivity index (χ1v) is 9.41. The molecule has 0 bridgehead atoms. The van der Waals surface area contributed by atoms with E-state index in [0.29, 0.717) is 45.7 Å². The maximum Gasteiger partial charge on any atom is 0.230 e. The second-order valence-corrected chi connectivity index (χ2v) is 6.89. The molecule has 0 spiro atoms. The molecule has 28 heavy (non-hydrogen) atoms. The van der Waals surface area contributed by atoms with E-state index in [1.165, 1.54) is 0 Å². The maximum absolute atomic E-state index is 12.9. The van der Waals surface area contributed by atoms with Crippen LogP contribution in [-0.4, -0.2) is 82.1 Å². The fourth-order valence-corrected chi connectivity index (χ4v) is 3.31. The number of hydrogen-bond acceptors (Lipinski definition) is 6. The molecular formula is C20H30N2O6. The van der Waals surface area contributed by atoms with Crippen LogP contribution < -0.4 is 10.1 Å². The van der Waals surface area contributed by atoms with Crippen LogP contribution in [0.5, 0.6) is 5.75 Å². The molecule has 1 fully saturated rings. The molecule has 2 amide bonds. The summed E-state index contributed by atoms with van der Waals surface area (Å²) in [7, 11) is 3.16. The van der Waals surface area contributed by atoms with Crippen molar-refractivity contribution in [2.45, 2.75) is 12.8 Å². The lowest BCUT2D eigenvalue weighted by atomic mass is 9.73.